The molecule has 0 bridgehead atoms. The largest absolute Gasteiger partial charge is 0.467 e. The van der Waals surface area contributed by atoms with Gasteiger partial charge in [-0.15, -0.1) is 0 Å². The lowest BCUT2D eigenvalue weighted by molar-refractivity contribution is -0.134. The van der Waals surface area contributed by atoms with Gasteiger partial charge in [0.2, 0.25) is 5.91 Å². The van der Waals surface area contributed by atoms with Gasteiger partial charge in [0.15, 0.2) is 0 Å². The smallest absolute Gasteiger partial charge is 0.266 e. The Kier molecular flexibility index (Phi) is 7.63. The predicted octanol–water partition coefficient (Wildman–Crippen LogP) is 6.41. The summed E-state index contributed by atoms with van der Waals surface area (Å²) in [4.78, 5) is 33.7. The number of para-hydroxylation sites is 1. The highest BCUT2D eigenvalue weighted by molar-refractivity contribution is 9.10. The molecule has 0 saturated carbocycles. The number of amides is 1. The fourth-order valence-electron chi connectivity index (χ4n) is 4.09. The van der Waals surface area contributed by atoms with E-state index in [0.29, 0.717) is 41.1 Å². The van der Waals surface area contributed by atoms with E-state index >= 15 is 0 Å². The number of furan rings is 1. The van der Waals surface area contributed by atoms with Crippen molar-refractivity contribution >= 4 is 32.7 Å². The standard InChI is InChI=1S/C27H28BrN3O3/c1-3-4-5-12-25(32)30(18-22-9-8-17-34-22)19(2)26-29-24-11-7-6-10-23(24)27(33)31(26)21-15-13-20(28)14-16-21/h6-11,13-17,19H,3-5,12,18H2,1-2H3. The molecule has 0 aliphatic heterocycles. The first-order valence-electron chi connectivity index (χ1n) is 11.6. The van der Waals surface area contributed by atoms with E-state index in [4.69, 9.17) is 9.40 Å². The lowest BCUT2D eigenvalue weighted by Crippen LogP contribution is -2.37. The Balaban J connectivity index is 1.84. The van der Waals surface area contributed by atoms with Crippen molar-refractivity contribution in [2.45, 2.75) is 52.1 Å². The monoisotopic (exact) mass is 521 g/mol. The normalized spacial score (nSPS) is 12.1. The third-order valence-electron chi connectivity index (χ3n) is 5.95. The molecule has 0 saturated heterocycles. The molecule has 1 atom stereocenters. The van der Waals surface area contributed by atoms with Gasteiger partial charge in [-0.25, -0.2) is 4.98 Å². The van der Waals surface area contributed by atoms with Crippen molar-refractivity contribution in [1.82, 2.24) is 14.5 Å². The molecule has 0 radical (unpaired) electrons. The second-order valence-electron chi connectivity index (χ2n) is 8.34. The Bertz CT molecular complexity index is 1310. The number of aromatic nitrogens is 2. The Morgan fingerprint density at radius 1 is 1.09 bits per heavy atom. The van der Waals surface area contributed by atoms with Crippen LogP contribution in [-0.2, 0) is 11.3 Å². The van der Waals surface area contributed by atoms with Gasteiger partial charge in [-0.3, -0.25) is 14.2 Å². The summed E-state index contributed by atoms with van der Waals surface area (Å²) >= 11 is 3.46. The second kappa shape index (κ2) is 10.8. The van der Waals surface area contributed by atoms with Gasteiger partial charge in [-0.2, -0.15) is 0 Å². The summed E-state index contributed by atoms with van der Waals surface area (Å²) in [5.41, 5.74) is 1.15. The third-order valence-corrected chi connectivity index (χ3v) is 6.48. The molecule has 6 nitrogen and oxygen atoms in total. The van der Waals surface area contributed by atoms with Gasteiger partial charge in [-0.1, -0.05) is 47.8 Å². The van der Waals surface area contributed by atoms with Crippen LogP contribution < -0.4 is 5.56 Å². The van der Waals surface area contributed by atoms with Crippen molar-refractivity contribution < 1.29 is 9.21 Å². The molecule has 2 aromatic carbocycles. The summed E-state index contributed by atoms with van der Waals surface area (Å²) < 4.78 is 8.09. The van der Waals surface area contributed by atoms with Crippen LogP contribution in [0.3, 0.4) is 0 Å². The number of unbranched alkanes of at least 4 members (excludes halogenated alkanes) is 2. The number of hydrogen-bond acceptors (Lipinski definition) is 4. The van der Waals surface area contributed by atoms with E-state index in [2.05, 4.69) is 22.9 Å². The molecular weight excluding hydrogens is 494 g/mol. The van der Waals surface area contributed by atoms with Crippen molar-refractivity contribution in [2.24, 2.45) is 0 Å². The Labute approximate surface area is 207 Å². The van der Waals surface area contributed by atoms with Gasteiger partial charge in [-0.05, 0) is 61.9 Å². The van der Waals surface area contributed by atoms with E-state index in [1.54, 1.807) is 21.8 Å². The van der Waals surface area contributed by atoms with E-state index < -0.39 is 6.04 Å². The molecule has 1 unspecified atom stereocenters. The molecule has 0 N–H and O–H groups in total. The quantitative estimate of drug-likeness (QED) is 0.238. The van der Waals surface area contributed by atoms with Crippen LogP contribution in [0.1, 0.15) is 57.2 Å². The highest BCUT2D eigenvalue weighted by Gasteiger charge is 2.27. The summed E-state index contributed by atoms with van der Waals surface area (Å²) in [5, 5.41) is 0.535. The molecule has 7 heteroatoms. The van der Waals surface area contributed by atoms with Gasteiger partial charge in [0, 0.05) is 10.9 Å². The average Bonchev–Trinajstić information content (AvgIpc) is 3.36. The van der Waals surface area contributed by atoms with Crippen molar-refractivity contribution in [2.75, 3.05) is 0 Å². The molecule has 34 heavy (non-hydrogen) atoms. The number of hydrogen-bond donors (Lipinski definition) is 0. The second-order valence-corrected chi connectivity index (χ2v) is 9.25. The van der Waals surface area contributed by atoms with Crippen LogP contribution in [0.25, 0.3) is 16.6 Å². The van der Waals surface area contributed by atoms with Crippen LogP contribution >= 0.6 is 15.9 Å². The maximum Gasteiger partial charge on any atom is 0.266 e. The molecule has 4 rings (SSSR count). The maximum atomic E-state index is 13.6. The van der Waals surface area contributed by atoms with Crippen molar-refractivity contribution in [3.8, 4) is 5.69 Å². The van der Waals surface area contributed by atoms with Gasteiger partial charge >= 0.3 is 0 Å². The first-order chi connectivity index (χ1) is 16.5. The summed E-state index contributed by atoms with van der Waals surface area (Å²) in [5.74, 6) is 1.22. The first kappa shape index (κ1) is 24.0. The maximum absolute atomic E-state index is 13.6. The van der Waals surface area contributed by atoms with Gasteiger partial charge in [0.25, 0.3) is 5.56 Å². The Hall–Kier alpha value is -3.19. The van der Waals surface area contributed by atoms with E-state index in [0.717, 1.165) is 23.7 Å². The minimum atomic E-state index is -0.458. The minimum absolute atomic E-state index is 0.0158. The zero-order valence-electron chi connectivity index (χ0n) is 19.4. The zero-order valence-corrected chi connectivity index (χ0v) is 21.0. The van der Waals surface area contributed by atoms with Crippen LogP contribution in [0.15, 0.2) is 80.6 Å². The van der Waals surface area contributed by atoms with Gasteiger partial charge in [0.1, 0.15) is 11.6 Å². The first-order valence-corrected chi connectivity index (χ1v) is 12.4. The Morgan fingerprint density at radius 3 is 2.56 bits per heavy atom. The number of rotatable bonds is 9. The van der Waals surface area contributed by atoms with Crippen molar-refractivity contribution in [1.29, 1.82) is 0 Å². The molecule has 0 aliphatic carbocycles. The number of carbonyl (C=O) groups excluding carboxylic acids is 1. The molecular formula is C27H28BrN3O3. The predicted molar refractivity (Wildman–Crippen MR) is 137 cm³/mol. The van der Waals surface area contributed by atoms with E-state index in [9.17, 15) is 9.59 Å². The van der Waals surface area contributed by atoms with Crippen LogP contribution in [0.4, 0.5) is 0 Å². The lowest BCUT2D eigenvalue weighted by atomic mass is 10.1. The van der Waals surface area contributed by atoms with Crippen LogP contribution in [0.5, 0.6) is 0 Å². The van der Waals surface area contributed by atoms with Gasteiger partial charge in [0.05, 0.1) is 35.4 Å². The SMILES string of the molecule is CCCCCC(=O)N(Cc1ccco1)C(C)c1nc2ccccc2c(=O)n1-c1ccc(Br)cc1. The molecule has 4 aromatic rings. The molecule has 1 amide bonds. The lowest BCUT2D eigenvalue weighted by Gasteiger charge is -2.30. The van der Waals surface area contributed by atoms with Crippen LogP contribution in [-0.4, -0.2) is 20.4 Å². The molecule has 0 spiro atoms. The molecule has 176 valence electrons. The summed E-state index contributed by atoms with van der Waals surface area (Å²) in [6, 6.07) is 18.1. The van der Waals surface area contributed by atoms with Crippen molar-refractivity contribution in [3.05, 3.63) is 93.3 Å². The highest BCUT2D eigenvalue weighted by Crippen LogP contribution is 2.26. The summed E-state index contributed by atoms with van der Waals surface area (Å²) in [6.07, 6.45) is 4.89. The zero-order chi connectivity index (χ0) is 24.1. The molecule has 2 aromatic heterocycles. The molecule has 0 fully saturated rings. The Morgan fingerprint density at radius 2 is 1.85 bits per heavy atom. The third kappa shape index (κ3) is 5.14. The number of benzene rings is 2. The summed E-state index contributed by atoms with van der Waals surface area (Å²) in [6.45, 7) is 4.35. The van der Waals surface area contributed by atoms with Crippen LogP contribution in [0, 0.1) is 0 Å². The van der Waals surface area contributed by atoms with Crippen molar-refractivity contribution in [3.63, 3.8) is 0 Å². The van der Waals surface area contributed by atoms with Gasteiger partial charge < -0.3 is 9.32 Å². The van der Waals surface area contributed by atoms with E-state index in [1.807, 2.05) is 61.5 Å². The van der Waals surface area contributed by atoms with E-state index in [-0.39, 0.29) is 11.5 Å². The average molecular weight is 522 g/mol. The number of fused-ring (bicyclic) bond motifs is 1. The highest BCUT2D eigenvalue weighted by atomic mass is 79.9. The number of carbonyl (C=O) groups is 1. The summed E-state index contributed by atoms with van der Waals surface area (Å²) in [7, 11) is 0. The number of nitrogens with zero attached hydrogens (tertiary/aromatic N) is 3. The molecule has 0 aliphatic rings. The number of halogens is 1. The fraction of sp³-hybridized carbons (Fsp3) is 0.296. The topological polar surface area (TPSA) is 68.3 Å². The molecule has 2 heterocycles. The minimum Gasteiger partial charge on any atom is -0.467 e. The van der Waals surface area contributed by atoms with E-state index in [1.165, 1.54) is 0 Å². The van der Waals surface area contributed by atoms with Crippen LogP contribution in [0.2, 0.25) is 0 Å². The fourth-order valence-corrected chi connectivity index (χ4v) is 4.35.